The Morgan fingerprint density at radius 2 is 1.94 bits per heavy atom. The van der Waals surface area contributed by atoms with Gasteiger partial charge in [-0.2, -0.15) is 4.98 Å². The number of aromatic nitrogens is 4. The van der Waals surface area contributed by atoms with Crippen molar-refractivity contribution < 1.29 is 14.3 Å². The van der Waals surface area contributed by atoms with E-state index in [0.29, 0.717) is 22.2 Å². The quantitative estimate of drug-likeness (QED) is 0.438. The number of methoxy groups -OCH3 is 1. The molecule has 1 unspecified atom stereocenters. The van der Waals surface area contributed by atoms with E-state index in [1.54, 1.807) is 61.5 Å². The van der Waals surface area contributed by atoms with Crippen molar-refractivity contribution in [3.63, 3.8) is 0 Å². The summed E-state index contributed by atoms with van der Waals surface area (Å²) in [4.78, 5) is 45.4. The van der Waals surface area contributed by atoms with Crippen molar-refractivity contribution in [1.29, 1.82) is 0 Å². The molecule has 36 heavy (non-hydrogen) atoms. The standard InChI is InChI=1S/C24H23ClN6O5/c1-3-30-23(33)29-22(31(24(30)34)14-17-8-7-15(25)13-26-17)27-16-9-11-18(12-10-16)36-20-6-4-5-19(28-20)21(32)35-2/h4-13,20,28H,3,14H2,1-2H3,(H,27,29,33). The van der Waals surface area contributed by atoms with E-state index >= 15 is 0 Å². The first-order chi connectivity index (χ1) is 17.4. The minimum Gasteiger partial charge on any atom is -0.467 e. The van der Waals surface area contributed by atoms with Gasteiger partial charge in [0, 0.05) is 18.4 Å². The smallest absolute Gasteiger partial charge is 0.354 e. The van der Waals surface area contributed by atoms with Crippen LogP contribution in [0.15, 0.2) is 76.1 Å². The highest BCUT2D eigenvalue weighted by atomic mass is 35.5. The lowest BCUT2D eigenvalue weighted by atomic mass is 10.2. The molecule has 2 N–H and O–H groups in total. The number of nitrogens with zero attached hydrogens (tertiary/aromatic N) is 4. The molecule has 1 aliphatic rings. The summed E-state index contributed by atoms with van der Waals surface area (Å²) in [6.45, 7) is 1.96. The molecule has 0 bridgehead atoms. The molecule has 4 rings (SSSR count). The molecule has 3 heterocycles. The molecule has 0 saturated heterocycles. The monoisotopic (exact) mass is 510 g/mol. The molecule has 0 aliphatic carbocycles. The Balaban J connectivity index is 1.53. The molecule has 12 heteroatoms. The zero-order chi connectivity index (χ0) is 25.7. The minimum absolute atomic E-state index is 0.0739. The van der Waals surface area contributed by atoms with Crippen LogP contribution in [0.1, 0.15) is 12.6 Å². The second kappa shape index (κ2) is 10.9. The van der Waals surface area contributed by atoms with Gasteiger partial charge >= 0.3 is 17.3 Å². The molecular formula is C24H23ClN6O5. The zero-order valence-corrected chi connectivity index (χ0v) is 20.2. The van der Waals surface area contributed by atoms with E-state index in [1.807, 2.05) is 0 Å². The summed E-state index contributed by atoms with van der Waals surface area (Å²) in [5.41, 5.74) is 0.258. The third-order valence-corrected chi connectivity index (χ3v) is 5.42. The van der Waals surface area contributed by atoms with Gasteiger partial charge < -0.3 is 20.1 Å². The van der Waals surface area contributed by atoms with E-state index in [1.165, 1.54) is 17.9 Å². The topological polar surface area (TPSA) is 129 Å². The molecule has 2 aromatic heterocycles. The summed E-state index contributed by atoms with van der Waals surface area (Å²) in [5.74, 6) is 0.0978. The van der Waals surface area contributed by atoms with Gasteiger partial charge in [0.25, 0.3) is 0 Å². The summed E-state index contributed by atoms with van der Waals surface area (Å²) in [6, 6.07) is 10.2. The fourth-order valence-corrected chi connectivity index (χ4v) is 3.51. The van der Waals surface area contributed by atoms with Crippen LogP contribution < -0.4 is 26.7 Å². The number of ether oxygens (including phenoxy) is 2. The van der Waals surface area contributed by atoms with Crippen LogP contribution >= 0.6 is 11.6 Å². The highest BCUT2D eigenvalue weighted by Gasteiger charge is 2.18. The number of hydrogen-bond acceptors (Lipinski definition) is 9. The summed E-state index contributed by atoms with van der Waals surface area (Å²) in [5, 5.41) is 6.43. The maximum atomic E-state index is 13.0. The number of rotatable bonds is 8. The zero-order valence-electron chi connectivity index (χ0n) is 19.5. The van der Waals surface area contributed by atoms with Crippen LogP contribution in [0.3, 0.4) is 0 Å². The number of pyridine rings is 1. The molecule has 186 valence electrons. The van der Waals surface area contributed by atoms with E-state index < -0.39 is 23.6 Å². The van der Waals surface area contributed by atoms with Gasteiger partial charge in [-0.1, -0.05) is 17.7 Å². The number of halogens is 1. The van der Waals surface area contributed by atoms with Gasteiger partial charge in [-0.15, -0.1) is 0 Å². The Bertz CT molecular complexity index is 1430. The van der Waals surface area contributed by atoms with Crippen molar-refractivity contribution in [3.8, 4) is 5.75 Å². The van der Waals surface area contributed by atoms with Crippen LogP contribution in [-0.2, 0) is 22.6 Å². The molecule has 1 atom stereocenters. The molecule has 0 saturated carbocycles. The molecule has 0 amide bonds. The number of esters is 1. The van der Waals surface area contributed by atoms with E-state index in [-0.39, 0.29) is 24.7 Å². The Morgan fingerprint density at radius 1 is 1.17 bits per heavy atom. The van der Waals surface area contributed by atoms with Gasteiger partial charge in [0.2, 0.25) is 5.95 Å². The highest BCUT2D eigenvalue weighted by molar-refractivity contribution is 6.30. The highest BCUT2D eigenvalue weighted by Crippen LogP contribution is 2.20. The van der Waals surface area contributed by atoms with E-state index in [2.05, 4.69) is 20.6 Å². The summed E-state index contributed by atoms with van der Waals surface area (Å²) < 4.78 is 12.9. The van der Waals surface area contributed by atoms with Gasteiger partial charge in [0.05, 0.1) is 24.4 Å². The van der Waals surface area contributed by atoms with Crippen molar-refractivity contribution in [2.24, 2.45) is 0 Å². The van der Waals surface area contributed by atoms with Crippen LogP contribution in [0.5, 0.6) is 5.75 Å². The number of benzene rings is 1. The molecule has 0 fully saturated rings. The van der Waals surface area contributed by atoms with Crippen molar-refractivity contribution in [3.05, 3.63) is 98.2 Å². The van der Waals surface area contributed by atoms with Gasteiger partial charge in [0.15, 0.2) is 6.23 Å². The lowest BCUT2D eigenvalue weighted by Crippen LogP contribution is -2.42. The molecule has 3 aromatic rings. The van der Waals surface area contributed by atoms with Gasteiger partial charge in [-0.05, 0) is 55.5 Å². The lowest BCUT2D eigenvalue weighted by molar-refractivity contribution is -0.136. The normalized spacial score (nSPS) is 14.5. The Labute approximate surface area is 210 Å². The number of anilines is 2. The van der Waals surface area contributed by atoms with Gasteiger partial charge in [-0.3, -0.25) is 9.55 Å². The SMILES string of the molecule is CCn1c(=O)nc(Nc2ccc(OC3C=CC=C(C(=O)OC)N3)cc2)n(Cc2ccc(Cl)cn2)c1=O. The van der Waals surface area contributed by atoms with Crippen molar-refractivity contribution in [2.75, 3.05) is 12.4 Å². The molecule has 11 nitrogen and oxygen atoms in total. The molecule has 1 aromatic carbocycles. The second-order valence-corrected chi connectivity index (χ2v) is 8.02. The number of dihydropyridines is 1. The Kier molecular flexibility index (Phi) is 7.50. The van der Waals surface area contributed by atoms with Crippen LogP contribution in [-0.4, -0.2) is 38.4 Å². The fraction of sp³-hybridized carbons (Fsp3) is 0.208. The molecular weight excluding hydrogens is 488 g/mol. The largest absolute Gasteiger partial charge is 0.467 e. The van der Waals surface area contributed by atoms with Crippen molar-refractivity contribution in [1.82, 2.24) is 24.4 Å². The van der Waals surface area contributed by atoms with Crippen LogP contribution in [0.25, 0.3) is 0 Å². The Morgan fingerprint density at radius 3 is 2.61 bits per heavy atom. The number of carbonyl (C=O) groups excluding carboxylic acids is 1. The summed E-state index contributed by atoms with van der Waals surface area (Å²) >= 11 is 5.91. The number of carbonyl (C=O) groups is 1. The van der Waals surface area contributed by atoms with E-state index in [9.17, 15) is 14.4 Å². The molecule has 0 radical (unpaired) electrons. The summed E-state index contributed by atoms with van der Waals surface area (Å²) in [7, 11) is 1.30. The predicted octanol–water partition coefficient (Wildman–Crippen LogP) is 2.19. The number of allylic oxidation sites excluding steroid dienone is 2. The summed E-state index contributed by atoms with van der Waals surface area (Å²) in [6.07, 6.45) is 5.95. The minimum atomic E-state index is -0.658. The average molecular weight is 511 g/mol. The molecule has 0 spiro atoms. The fourth-order valence-electron chi connectivity index (χ4n) is 3.40. The first-order valence-corrected chi connectivity index (χ1v) is 11.3. The van der Waals surface area contributed by atoms with Gasteiger partial charge in [-0.25, -0.2) is 19.0 Å². The average Bonchev–Trinajstić information content (AvgIpc) is 2.88. The predicted molar refractivity (Wildman–Crippen MR) is 133 cm³/mol. The second-order valence-electron chi connectivity index (χ2n) is 7.59. The third-order valence-electron chi connectivity index (χ3n) is 5.20. The van der Waals surface area contributed by atoms with Crippen molar-refractivity contribution in [2.45, 2.75) is 26.2 Å². The lowest BCUT2D eigenvalue weighted by Gasteiger charge is -2.21. The number of nitrogens with one attached hydrogen (secondary N) is 2. The number of hydrogen-bond donors (Lipinski definition) is 2. The van der Waals surface area contributed by atoms with E-state index in [0.717, 1.165) is 4.57 Å². The first kappa shape index (κ1) is 24.7. The van der Waals surface area contributed by atoms with Crippen LogP contribution in [0.4, 0.5) is 11.6 Å². The molecule has 1 aliphatic heterocycles. The maximum absolute atomic E-state index is 13.0. The van der Waals surface area contributed by atoms with Crippen LogP contribution in [0.2, 0.25) is 5.02 Å². The maximum Gasteiger partial charge on any atom is 0.354 e. The van der Waals surface area contributed by atoms with Crippen LogP contribution in [0, 0.1) is 0 Å². The Hall–Kier alpha value is -4.38. The first-order valence-electron chi connectivity index (χ1n) is 11.0. The third kappa shape index (κ3) is 5.63. The van der Waals surface area contributed by atoms with Gasteiger partial charge in [0.1, 0.15) is 11.4 Å². The van der Waals surface area contributed by atoms with E-state index in [4.69, 9.17) is 21.1 Å². The van der Waals surface area contributed by atoms with Crippen molar-refractivity contribution >= 4 is 29.2 Å².